The molecule has 2 aromatic heterocycles. The fraction of sp³-hybridized carbons (Fsp3) is 0.182. The van der Waals surface area contributed by atoms with Gasteiger partial charge in [0.25, 0.3) is 5.89 Å². The lowest BCUT2D eigenvalue weighted by Gasteiger charge is -2.07. The number of nitrogens with zero attached hydrogens (tertiary/aromatic N) is 4. The SMILES string of the molecule is COc1ccc(-c2noc(-c3c(SC)nn(CC(=O)Nc4cccc(F)c4)c3N)n2)cc1OC. The Balaban J connectivity index is 1.60. The highest BCUT2D eigenvalue weighted by atomic mass is 32.2. The minimum Gasteiger partial charge on any atom is -0.493 e. The van der Waals surface area contributed by atoms with Crippen molar-refractivity contribution in [3.63, 3.8) is 0 Å². The third-order valence-corrected chi connectivity index (χ3v) is 5.51. The van der Waals surface area contributed by atoms with E-state index in [2.05, 4.69) is 20.6 Å². The molecule has 0 spiro atoms. The molecule has 0 bridgehead atoms. The molecule has 0 atom stereocenters. The normalized spacial score (nSPS) is 10.8. The van der Waals surface area contributed by atoms with Crippen molar-refractivity contribution < 1.29 is 23.2 Å². The second kappa shape index (κ2) is 9.83. The largest absolute Gasteiger partial charge is 0.493 e. The molecular formula is C22H21FN6O4S. The van der Waals surface area contributed by atoms with Gasteiger partial charge in [-0.25, -0.2) is 9.07 Å². The first kappa shape index (κ1) is 23.1. The molecule has 0 fully saturated rings. The molecule has 0 aliphatic rings. The molecule has 2 heterocycles. The van der Waals surface area contributed by atoms with E-state index in [0.29, 0.717) is 39.2 Å². The molecule has 12 heteroatoms. The van der Waals surface area contributed by atoms with E-state index >= 15 is 0 Å². The van der Waals surface area contributed by atoms with E-state index in [9.17, 15) is 9.18 Å². The summed E-state index contributed by atoms with van der Waals surface area (Å²) >= 11 is 1.32. The van der Waals surface area contributed by atoms with Crippen LogP contribution < -0.4 is 20.5 Å². The van der Waals surface area contributed by atoms with Gasteiger partial charge in [0.05, 0.1) is 14.2 Å². The van der Waals surface area contributed by atoms with E-state index in [1.165, 1.54) is 41.8 Å². The number of anilines is 2. The van der Waals surface area contributed by atoms with Gasteiger partial charge >= 0.3 is 0 Å². The minimum atomic E-state index is -0.454. The number of hydrogen-bond acceptors (Lipinski definition) is 9. The zero-order chi connectivity index (χ0) is 24.2. The maximum Gasteiger partial charge on any atom is 0.264 e. The van der Waals surface area contributed by atoms with Gasteiger partial charge in [-0.2, -0.15) is 10.1 Å². The summed E-state index contributed by atoms with van der Waals surface area (Å²) in [7, 11) is 3.08. The van der Waals surface area contributed by atoms with Crippen molar-refractivity contribution in [2.45, 2.75) is 11.6 Å². The van der Waals surface area contributed by atoms with Gasteiger partial charge in [0.2, 0.25) is 11.7 Å². The Morgan fingerprint density at radius 3 is 2.71 bits per heavy atom. The third-order valence-electron chi connectivity index (χ3n) is 4.84. The van der Waals surface area contributed by atoms with Crippen LogP contribution in [0.2, 0.25) is 0 Å². The first-order valence-electron chi connectivity index (χ1n) is 9.95. The number of nitrogens with two attached hydrogens (primary N) is 1. The van der Waals surface area contributed by atoms with Gasteiger partial charge in [0, 0.05) is 11.3 Å². The van der Waals surface area contributed by atoms with Gasteiger partial charge in [-0.15, -0.1) is 11.8 Å². The van der Waals surface area contributed by atoms with Crippen LogP contribution in [0.1, 0.15) is 0 Å². The first-order chi connectivity index (χ1) is 16.4. The van der Waals surface area contributed by atoms with Crippen LogP contribution in [0.15, 0.2) is 52.0 Å². The first-order valence-corrected chi connectivity index (χ1v) is 11.2. The van der Waals surface area contributed by atoms with Crippen LogP contribution in [0.5, 0.6) is 11.5 Å². The van der Waals surface area contributed by atoms with Crippen molar-refractivity contribution in [3.05, 3.63) is 48.3 Å². The Morgan fingerprint density at radius 2 is 2.00 bits per heavy atom. The van der Waals surface area contributed by atoms with Crippen molar-refractivity contribution in [2.75, 3.05) is 31.5 Å². The maximum atomic E-state index is 13.4. The van der Waals surface area contributed by atoms with Crippen molar-refractivity contribution in [1.82, 2.24) is 19.9 Å². The van der Waals surface area contributed by atoms with Crippen molar-refractivity contribution in [2.24, 2.45) is 0 Å². The fourth-order valence-electron chi connectivity index (χ4n) is 3.24. The van der Waals surface area contributed by atoms with Gasteiger partial charge in [0.15, 0.2) is 11.5 Å². The summed E-state index contributed by atoms with van der Waals surface area (Å²) in [5, 5.41) is 11.6. The highest BCUT2D eigenvalue weighted by Gasteiger charge is 2.24. The molecule has 34 heavy (non-hydrogen) atoms. The predicted molar refractivity (Wildman–Crippen MR) is 125 cm³/mol. The molecule has 0 saturated heterocycles. The molecule has 0 unspecified atom stereocenters. The number of ether oxygens (including phenoxy) is 2. The number of nitrogens with one attached hydrogen (secondary N) is 1. The van der Waals surface area contributed by atoms with Crippen LogP contribution in [-0.2, 0) is 11.3 Å². The minimum absolute atomic E-state index is 0.156. The van der Waals surface area contributed by atoms with E-state index in [-0.39, 0.29) is 18.3 Å². The van der Waals surface area contributed by atoms with Gasteiger partial charge in [-0.3, -0.25) is 4.79 Å². The lowest BCUT2D eigenvalue weighted by Crippen LogP contribution is -2.20. The van der Waals surface area contributed by atoms with Gasteiger partial charge in [-0.05, 0) is 42.7 Å². The van der Waals surface area contributed by atoms with Crippen LogP contribution in [0, 0.1) is 5.82 Å². The maximum absolute atomic E-state index is 13.4. The number of amides is 1. The lowest BCUT2D eigenvalue weighted by molar-refractivity contribution is -0.116. The average Bonchev–Trinajstić information content (AvgIpc) is 3.43. The smallest absolute Gasteiger partial charge is 0.264 e. The Kier molecular flexibility index (Phi) is 6.68. The Hall–Kier alpha value is -4.06. The molecule has 4 aromatic rings. The molecule has 3 N–H and O–H groups in total. The summed E-state index contributed by atoms with van der Waals surface area (Å²) in [6.45, 7) is -0.188. The number of benzene rings is 2. The van der Waals surface area contributed by atoms with E-state index in [0.717, 1.165) is 0 Å². The monoisotopic (exact) mass is 484 g/mol. The van der Waals surface area contributed by atoms with Gasteiger partial charge in [-0.1, -0.05) is 11.2 Å². The van der Waals surface area contributed by atoms with Crippen LogP contribution in [0.3, 0.4) is 0 Å². The highest BCUT2D eigenvalue weighted by molar-refractivity contribution is 7.98. The van der Waals surface area contributed by atoms with E-state index in [1.54, 1.807) is 31.4 Å². The number of rotatable bonds is 8. The zero-order valence-corrected chi connectivity index (χ0v) is 19.4. The van der Waals surface area contributed by atoms with E-state index < -0.39 is 11.7 Å². The van der Waals surface area contributed by atoms with E-state index in [1.807, 2.05) is 6.26 Å². The number of carbonyl (C=O) groups excluding carboxylic acids is 1. The van der Waals surface area contributed by atoms with Crippen molar-refractivity contribution in [3.8, 4) is 34.3 Å². The summed E-state index contributed by atoms with van der Waals surface area (Å²) in [6, 6.07) is 10.8. The fourth-order valence-corrected chi connectivity index (χ4v) is 3.81. The molecule has 4 rings (SSSR count). The topological polar surface area (TPSA) is 130 Å². The number of nitrogen functional groups attached to an aromatic ring is 1. The van der Waals surface area contributed by atoms with E-state index in [4.69, 9.17) is 19.7 Å². The highest BCUT2D eigenvalue weighted by Crippen LogP contribution is 2.36. The second-order valence-corrected chi connectivity index (χ2v) is 7.77. The number of methoxy groups -OCH3 is 2. The predicted octanol–water partition coefficient (Wildman–Crippen LogP) is 3.70. The van der Waals surface area contributed by atoms with Crippen molar-refractivity contribution in [1.29, 1.82) is 0 Å². The quantitative estimate of drug-likeness (QED) is 0.359. The summed E-state index contributed by atoms with van der Waals surface area (Å²) in [4.78, 5) is 16.9. The summed E-state index contributed by atoms with van der Waals surface area (Å²) in [5.74, 6) is 0.874. The molecule has 1 amide bonds. The van der Waals surface area contributed by atoms with Gasteiger partial charge < -0.3 is 25.0 Å². The zero-order valence-electron chi connectivity index (χ0n) is 18.5. The molecule has 10 nitrogen and oxygen atoms in total. The van der Waals surface area contributed by atoms with Crippen LogP contribution in [-0.4, -0.2) is 46.3 Å². The molecule has 2 aromatic carbocycles. The molecule has 176 valence electrons. The number of thioether (sulfide) groups is 1. The number of aromatic nitrogens is 4. The summed E-state index contributed by atoms with van der Waals surface area (Å²) in [6.07, 6.45) is 1.81. The Labute approximate surface area is 198 Å². The summed E-state index contributed by atoms with van der Waals surface area (Å²) in [5.41, 5.74) is 7.70. The number of carbonyl (C=O) groups is 1. The summed E-state index contributed by atoms with van der Waals surface area (Å²) < 4.78 is 30.8. The molecule has 0 radical (unpaired) electrons. The molecule has 0 saturated carbocycles. The van der Waals surface area contributed by atoms with Gasteiger partial charge in [0.1, 0.15) is 28.8 Å². The third kappa shape index (κ3) is 4.66. The number of halogens is 1. The Morgan fingerprint density at radius 1 is 1.21 bits per heavy atom. The van der Waals surface area contributed by atoms with Crippen LogP contribution in [0.4, 0.5) is 15.9 Å². The molecule has 0 aliphatic heterocycles. The average molecular weight is 485 g/mol. The van der Waals surface area contributed by atoms with Crippen LogP contribution in [0.25, 0.3) is 22.8 Å². The second-order valence-electron chi connectivity index (χ2n) is 6.98. The van der Waals surface area contributed by atoms with Crippen LogP contribution >= 0.6 is 11.8 Å². The molecular weight excluding hydrogens is 463 g/mol. The lowest BCUT2D eigenvalue weighted by atomic mass is 10.2. The standard InChI is InChI=1S/C22H21FN6O4S/c1-31-15-8-7-12(9-16(15)32-2)20-26-21(33-28-20)18-19(24)29(27-22(18)34-3)11-17(30)25-14-6-4-5-13(23)10-14/h4-10H,11,24H2,1-3H3,(H,25,30). The van der Waals surface area contributed by atoms with Crippen molar-refractivity contribution >= 4 is 29.2 Å². The Bertz CT molecular complexity index is 1340. The number of hydrogen-bond donors (Lipinski definition) is 2. The molecule has 0 aliphatic carbocycles.